The van der Waals surface area contributed by atoms with Crippen LogP contribution < -0.4 is 15.7 Å². The van der Waals surface area contributed by atoms with E-state index in [0.717, 1.165) is 11.3 Å². The smallest absolute Gasteiger partial charge is 0.278 e. The number of carbonyl (C=O) groups excluding carboxylic acids is 1. The van der Waals surface area contributed by atoms with Crippen molar-refractivity contribution in [3.05, 3.63) is 58.3 Å². The van der Waals surface area contributed by atoms with Crippen molar-refractivity contribution in [3.8, 4) is 5.75 Å². The van der Waals surface area contributed by atoms with Gasteiger partial charge < -0.3 is 9.72 Å². The molecule has 2 rings (SSSR count). The van der Waals surface area contributed by atoms with Crippen LogP contribution in [0.15, 0.2) is 46.7 Å². The Morgan fingerprint density at radius 1 is 1.40 bits per heavy atom. The number of amides is 1. The number of nitrogens with one attached hydrogen (secondary N) is 2. The third-order valence-corrected chi connectivity index (χ3v) is 2.46. The van der Waals surface area contributed by atoms with Crippen LogP contribution in [0.4, 0.5) is 0 Å². The SMILES string of the molecule is COc1ccc(/C=N\NC(=O)c2cnc[nH]c2=O)cc1. The van der Waals surface area contributed by atoms with Crippen molar-refractivity contribution in [2.24, 2.45) is 5.10 Å². The molecule has 0 spiro atoms. The number of nitrogens with zero attached hydrogens (tertiary/aromatic N) is 2. The molecule has 1 aromatic carbocycles. The molecule has 0 aliphatic rings. The highest BCUT2D eigenvalue weighted by atomic mass is 16.5. The number of aromatic amines is 1. The predicted octanol–water partition coefficient (Wildman–Crippen LogP) is 0.542. The zero-order valence-corrected chi connectivity index (χ0v) is 10.7. The van der Waals surface area contributed by atoms with Gasteiger partial charge in [-0.1, -0.05) is 0 Å². The van der Waals surface area contributed by atoms with E-state index < -0.39 is 11.5 Å². The summed E-state index contributed by atoms with van der Waals surface area (Å²) in [4.78, 5) is 29.0. The number of hydrogen-bond donors (Lipinski definition) is 2. The average molecular weight is 272 g/mol. The van der Waals surface area contributed by atoms with Crippen molar-refractivity contribution >= 4 is 12.1 Å². The lowest BCUT2D eigenvalue weighted by molar-refractivity contribution is 0.0953. The van der Waals surface area contributed by atoms with Gasteiger partial charge in [0.15, 0.2) is 0 Å². The van der Waals surface area contributed by atoms with Crippen molar-refractivity contribution in [2.45, 2.75) is 0 Å². The Kier molecular flexibility index (Phi) is 4.23. The topological polar surface area (TPSA) is 96.4 Å². The first-order valence-electron chi connectivity index (χ1n) is 5.71. The molecule has 0 bridgehead atoms. The third-order valence-electron chi connectivity index (χ3n) is 2.46. The lowest BCUT2D eigenvalue weighted by Gasteiger charge is -1.99. The monoisotopic (exact) mass is 272 g/mol. The first-order valence-corrected chi connectivity index (χ1v) is 5.71. The lowest BCUT2D eigenvalue weighted by atomic mass is 10.2. The van der Waals surface area contributed by atoms with Crippen molar-refractivity contribution in [1.29, 1.82) is 0 Å². The van der Waals surface area contributed by atoms with E-state index in [0.29, 0.717) is 0 Å². The largest absolute Gasteiger partial charge is 0.497 e. The van der Waals surface area contributed by atoms with Crippen molar-refractivity contribution in [1.82, 2.24) is 15.4 Å². The molecule has 0 unspecified atom stereocenters. The highest BCUT2D eigenvalue weighted by molar-refractivity contribution is 5.94. The standard InChI is InChI=1S/C13H12N4O3/c1-20-10-4-2-9(3-5-10)6-16-17-13(19)11-7-14-8-15-12(11)18/h2-8H,1H3,(H,17,19)(H,14,15,18)/b16-6-. The fourth-order valence-electron chi connectivity index (χ4n) is 1.42. The van der Waals surface area contributed by atoms with E-state index in [1.54, 1.807) is 31.4 Å². The quantitative estimate of drug-likeness (QED) is 0.627. The minimum Gasteiger partial charge on any atom is -0.497 e. The molecule has 0 saturated carbocycles. The van der Waals surface area contributed by atoms with Gasteiger partial charge in [0.1, 0.15) is 11.3 Å². The Hall–Kier alpha value is -2.96. The molecule has 7 heteroatoms. The molecule has 20 heavy (non-hydrogen) atoms. The predicted molar refractivity (Wildman–Crippen MR) is 72.9 cm³/mol. The number of methoxy groups -OCH3 is 1. The fraction of sp³-hybridized carbons (Fsp3) is 0.0769. The Labute approximate surface area is 114 Å². The highest BCUT2D eigenvalue weighted by Gasteiger charge is 2.08. The number of benzene rings is 1. The van der Waals surface area contributed by atoms with Gasteiger partial charge in [0, 0.05) is 6.20 Å². The van der Waals surface area contributed by atoms with E-state index in [1.165, 1.54) is 18.7 Å². The van der Waals surface area contributed by atoms with Gasteiger partial charge in [0.05, 0.1) is 19.7 Å². The molecular formula is C13H12N4O3. The summed E-state index contributed by atoms with van der Waals surface area (Å²) in [6.45, 7) is 0. The molecule has 1 amide bonds. The van der Waals surface area contributed by atoms with Crippen molar-refractivity contribution < 1.29 is 9.53 Å². The van der Waals surface area contributed by atoms with Gasteiger partial charge in [-0.2, -0.15) is 5.10 Å². The van der Waals surface area contributed by atoms with Crippen LogP contribution in [0.25, 0.3) is 0 Å². The second-order valence-corrected chi connectivity index (χ2v) is 3.77. The maximum Gasteiger partial charge on any atom is 0.278 e. The molecule has 2 aromatic rings. The highest BCUT2D eigenvalue weighted by Crippen LogP contribution is 2.09. The Morgan fingerprint density at radius 3 is 2.80 bits per heavy atom. The Bertz CT molecular complexity index is 677. The summed E-state index contributed by atoms with van der Waals surface area (Å²) in [6, 6.07) is 7.11. The molecule has 0 saturated heterocycles. The van der Waals surface area contributed by atoms with E-state index in [1.807, 2.05) is 0 Å². The second-order valence-electron chi connectivity index (χ2n) is 3.77. The zero-order valence-electron chi connectivity index (χ0n) is 10.7. The summed E-state index contributed by atoms with van der Waals surface area (Å²) in [5, 5.41) is 3.77. The van der Waals surface area contributed by atoms with Crippen LogP contribution in [-0.4, -0.2) is 29.2 Å². The van der Waals surface area contributed by atoms with Crippen LogP contribution in [-0.2, 0) is 0 Å². The van der Waals surface area contributed by atoms with Crippen LogP contribution in [0.3, 0.4) is 0 Å². The van der Waals surface area contributed by atoms with E-state index >= 15 is 0 Å². The number of carbonyl (C=O) groups is 1. The number of rotatable bonds is 4. The van der Waals surface area contributed by atoms with Gasteiger partial charge >= 0.3 is 0 Å². The fourth-order valence-corrected chi connectivity index (χ4v) is 1.42. The van der Waals surface area contributed by atoms with E-state index in [2.05, 4.69) is 20.5 Å². The van der Waals surface area contributed by atoms with Gasteiger partial charge in [0.2, 0.25) is 0 Å². The minimum absolute atomic E-state index is 0.0978. The molecule has 0 fully saturated rings. The van der Waals surface area contributed by atoms with Gasteiger partial charge in [-0.05, 0) is 29.8 Å². The average Bonchev–Trinajstić information content (AvgIpc) is 2.48. The molecule has 7 nitrogen and oxygen atoms in total. The minimum atomic E-state index is -0.621. The molecular weight excluding hydrogens is 260 g/mol. The van der Waals surface area contributed by atoms with Crippen LogP contribution in [0.2, 0.25) is 0 Å². The summed E-state index contributed by atoms with van der Waals surface area (Å²) < 4.78 is 5.02. The normalized spacial score (nSPS) is 10.4. The Morgan fingerprint density at radius 2 is 2.15 bits per heavy atom. The summed E-state index contributed by atoms with van der Waals surface area (Å²) >= 11 is 0. The van der Waals surface area contributed by atoms with Gasteiger partial charge in [0.25, 0.3) is 11.5 Å². The van der Waals surface area contributed by atoms with Crippen LogP contribution in [0.5, 0.6) is 5.75 Å². The van der Waals surface area contributed by atoms with E-state index in [4.69, 9.17) is 4.74 Å². The molecule has 102 valence electrons. The van der Waals surface area contributed by atoms with Gasteiger partial charge in [-0.3, -0.25) is 9.59 Å². The van der Waals surface area contributed by atoms with Crippen molar-refractivity contribution in [3.63, 3.8) is 0 Å². The van der Waals surface area contributed by atoms with E-state index in [9.17, 15) is 9.59 Å². The summed E-state index contributed by atoms with van der Waals surface area (Å²) in [5.41, 5.74) is 2.43. The third kappa shape index (κ3) is 3.29. The van der Waals surface area contributed by atoms with Gasteiger partial charge in [-0.25, -0.2) is 10.4 Å². The summed E-state index contributed by atoms with van der Waals surface area (Å²) in [6.07, 6.45) is 3.85. The maximum atomic E-state index is 11.7. The molecule has 1 heterocycles. The maximum absolute atomic E-state index is 11.7. The van der Waals surface area contributed by atoms with Crippen LogP contribution in [0, 0.1) is 0 Å². The number of hydrazone groups is 1. The summed E-state index contributed by atoms with van der Waals surface area (Å²) in [5.74, 6) is 0.109. The second kappa shape index (κ2) is 6.28. The Balaban J connectivity index is 2.01. The molecule has 0 atom stereocenters. The first-order chi connectivity index (χ1) is 9.70. The van der Waals surface area contributed by atoms with Crippen LogP contribution in [0.1, 0.15) is 15.9 Å². The van der Waals surface area contributed by atoms with Crippen LogP contribution >= 0.6 is 0 Å². The lowest BCUT2D eigenvalue weighted by Crippen LogP contribution is -2.26. The molecule has 1 aromatic heterocycles. The van der Waals surface area contributed by atoms with Crippen molar-refractivity contribution in [2.75, 3.05) is 7.11 Å². The van der Waals surface area contributed by atoms with Gasteiger partial charge in [-0.15, -0.1) is 0 Å². The zero-order chi connectivity index (χ0) is 14.4. The van der Waals surface area contributed by atoms with E-state index in [-0.39, 0.29) is 5.56 Å². The molecule has 2 N–H and O–H groups in total. The molecule has 0 aliphatic carbocycles. The first kappa shape index (κ1) is 13.5. The summed E-state index contributed by atoms with van der Waals surface area (Å²) in [7, 11) is 1.58. The number of ether oxygens (including phenoxy) is 1. The number of H-pyrrole nitrogens is 1. The molecule has 0 aliphatic heterocycles. The molecule has 0 radical (unpaired) electrons. The number of hydrogen-bond acceptors (Lipinski definition) is 5. The number of aromatic nitrogens is 2.